The number of amides is 2. The summed E-state index contributed by atoms with van der Waals surface area (Å²) in [6, 6.07) is 6.98. The van der Waals surface area contributed by atoms with E-state index < -0.39 is 28.8 Å². The predicted molar refractivity (Wildman–Crippen MR) is 104 cm³/mol. The maximum absolute atomic E-state index is 13.0. The number of nitrogens with one attached hydrogen (secondary N) is 1. The molecule has 1 aliphatic heterocycles. The lowest BCUT2D eigenvalue weighted by molar-refractivity contribution is -0.130. The van der Waals surface area contributed by atoms with Crippen LogP contribution in [0.2, 0.25) is 0 Å². The highest BCUT2D eigenvalue weighted by Gasteiger charge is 2.59. The summed E-state index contributed by atoms with van der Waals surface area (Å²) in [6.07, 6.45) is -0.593. The van der Waals surface area contributed by atoms with Gasteiger partial charge in [0.1, 0.15) is 11.6 Å². The van der Waals surface area contributed by atoms with Gasteiger partial charge in [-0.1, -0.05) is 38.1 Å². The molecule has 0 spiro atoms. The maximum Gasteiger partial charge on any atom is 0.411 e. The van der Waals surface area contributed by atoms with E-state index in [1.54, 1.807) is 41.5 Å². The third-order valence-corrected chi connectivity index (χ3v) is 5.45. The molecule has 1 unspecified atom stereocenters. The van der Waals surface area contributed by atoms with Crippen molar-refractivity contribution < 1.29 is 19.4 Å². The Hall–Kier alpha value is -2.08. The molecule has 2 atom stereocenters. The summed E-state index contributed by atoms with van der Waals surface area (Å²) in [7, 11) is 0. The number of rotatable bonds is 3. The highest BCUT2D eigenvalue weighted by atomic mass is 16.6. The first kappa shape index (κ1) is 21.2. The van der Waals surface area contributed by atoms with Crippen molar-refractivity contribution in [1.82, 2.24) is 10.2 Å². The number of hydrogen-bond acceptors (Lipinski definition) is 4. The van der Waals surface area contributed by atoms with E-state index in [9.17, 15) is 14.7 Å². The Labute approximate surface area is 161 Å². The summed E-state index contributed by atoms with van der Waals surface area (Å²) >= 11 is 0. The molecule has 1 saturated heterocycles. The standard InChI is InChI=1S/C21H32N2O4/c1-14-10-8-9-11-15(14)12-22-17(24)16-20(5,6)21(7,26)13-23(16)18(25)27-19(2,3)4/h8-11,16,26H,12-13H2,1-7H3,(H,22,24)/t16?,21-/m1/s1. The molecule has 0 radical (unpaired) electrons. The first-order valence-electron chi connectivity index (χ1n) is 9.30. The molecule has 1 heterocycles. The summed E-state index contributed by atoms with van der Waals surface area (Å²) in [6.45, 7) is 13.0. The fourth-order valence-corrected chi connectivity index (χ4v) is 3.36. The summed E-state index contributed by atoms with van der Waals surface area (Å²) in [4.78, 5) is 27.1. The number of aliphatic hydroxyl groups is 1. The van der Waals surface area contributed by atoms with Gasteiger partial charge in [-0.15, -0.1) is 0 Å². The van der Waals surface area contributed by atoms with Gasteiger partial charge in [-0.05, 0) is 45.7 Å². The number of benzene rings is 1. The van der Waals surface area contributed by atoms with Crippen LogP contribution < -0.4 is 5.32 Å². The van der Waals surface area contributed by atoms with E-state index in [0.717, 1.165) is 11.1 Å². The Morgan fingerprint density at radius 1 is 1.26 bits per heavy atom. The molecule has 1 aromatic carbocycles. The molecular formula is C21H32N2O4. The zero-order chi connectivity index (χ0) is 20.6. The van der Waals surface area contributed by atoms with Crippen molar-refractivity contribution in [2.24, 2.45) is 5.41 Å². The van der Waals surface area contributed by atoms with Gasteiger partial charge in [0, 0.05) is 12.0 Å². The Kier molecular flexibility index (Phi) is 5.62. The van der Waals surface area contributed by atoms with Crippen LogP contribution in [0.15, 0.2) is 24.3 Å². The third kappa shape index (κ3) is 4.43. The average molecular weight is 376 g/mol. The van der Waals surface area contributed by atoms with Crippen molar-refractivity contribution >= 4 is 12.0 Å². The lowest BCUT2D eigenvalue weighted by Gasteiger charge is -2.36. The highest BCUT2D eigenvalue weighted by molar-refractivity contribution is 5.87. The number of carbonyl (C=O) groups is 2. The molecular weight excluding hydrogens is 344 g/mol. The summed E-state index contributed by atoms with van der Waals surface area (Å²) in [5, 5.41) is 13.8. The van der Waals surface area contributed by atoms with E-state index in [1.807, 2.05) is 31.2 Å². The van der Waals surface area contributed by atoms with Crippen molar-refractivity contribution in [3.05, 3.63) is 35.4 Å². The minimum absolute atomic E-state index is 0.0391. The van der Waals surface area contributed by atoms with Crippen LogP contribution in [0.5, 0.6) is 0 Å². The number of likely N-dealkylation sites (tertiary alicyclic amines) is 1. The molecule has 27 heavy (non-hydrogen) atoms. The third-order valence-electron chi connectivity index (χ3n) is 5.45. The van der Waals surface area contributed by atoms with Gasteiger partial charge in [0.05, 0.1) is 12.1 Å². The molecule has 6 heteroatoms. The average Bonchev–Trinajstić information content (AvgIpc) is 2.70. The molecule has 6 nitrogen and oxygen atoms in total. The Morgan fingerprint density at radius 2 is 1.85 bits per heavy atom. The van der Waals surface area contributed by atoms with E-state index in [4.69, 9.17) is 4.74 Å². The van der Waals surface area contributed by atoms with Gasteiger partial charge in [0.25, 0.3) is 0 Å². The minimum atomic E-state index is -1.21. The molecule has 1 fully saturated rings. The zero-order valence-electron chi connectivity index (χ0n) is 17.4. The summed E-state index contributed by atoms with van der Waals surface area (Å²) < 4.78 is 5.47. The molecule has 2 N–H and O–H groups in total. The van der Waals surface area contributed by atoms with Crippen molar-refractivity contribution in [1.29, 1.82) is 0 Å². The molecule has 0 saturated carbocycles. The minimum Gasteiger partial charge on any atom is -0.444 e. The summed E-state index contributed by atoms with van der Waals surface area (Å²) in [5.74, 6) is -0.299. The number of β-amino-alcohol motifs (C(OH)–C–C–N with tert-alkyl or cyclic N) is 1. The van der Waals surface area contributed by atoms with Gasteiger partial charge in [-0.3, -0.25) is 9.69 Å². The van der Waals surface area contributed by atoms with E-state index in [0.29, 0.717) is 6.54 Å². The van der Waals surface area contributed by atoms with Gasteiger partial charge < -0.3 is 15.2 Å². The normalized spacial score (nSPS) is 24.6. The summed E-state index contributed by atoms with van der Waals surface area (Å²) in [5.41, 5.74) is -0.636. The lowest BCUT2D eigenvalue weighted by atomic mass is 9.74. The quantitative estimate of drug-likeness (QED) is 0.850. The Morgan fingerprint density at radius 3 is 2.41 bits per heavy atom. The van der Waals surface area contributed by atoms with Gasteiger partial charge >= 0.3 is 6.09 Å². The smallest absolute Gasteiger partial charge is 0.411 e. The molecule has 2 rings (SSSR count). The molecule has 1 aromatic rings. The maximum atomic E-state index is 13.0. The molecule has 0 aromatic heterocycles. The number of carbonyl (C=O) groups excluding carboxylic acids is 2. The highest BCUT2D eigenvalue weighted by Crippen LogP contribution is 2.44. The largest absolute Gasteiger partial charge is 0.444 e. The Bertz CT molecular complexity index is 719. The second kappa shape index (κ2) is 7.15. The Balaban J connectivity index is 2.24. The van der Waals surface area contributed by atoms with Crippen LogP contribution in [0.25, 0.3) is 0 Å². The van der Waals surface area contributed by atoms with Crippen molar-refractivity contribution in [3.63, 3.8) is 0 Å². The molecule has 0 bridgehead atoms. The van der Waals surface area contributed by atoms with Crippen LogP contribution in [-0.2, 0) is 16.1 Å². The SMILES string of the molecule is Cc1ccccc1CNC(=O)C1N(C(=O)OC(C)(C)C)C[C@@](C)(O)C1(C)C. The van der Waals surface area contributed by atoms with Crippen molar-refractivity contribution in [2.75, 3.05) is 6.54 Å². The number of aryl methyl sites for hydroxylation is 1. The van der Waals surface area contributed by atoms with E-state index >= 15 is 0 Å². The van der Waals surface area contributed by atoms with Gasteiger partial charge in [-0.2, -0.15) is 0 Å². The van der Waals surface area contributed by atoms with Crippen LogP contribution in [0.3, 0.4) is 0 Å². The van der Waals surface area contributed by atoms with Gasteiger partial charge in [-0.25, -0.2) is 4.79 Å². The number of nitrogens with zero attached hydrogens (tertiary/aromatic N) is 1. The first-order chi connectivity index (χ1) is 12.3. The van der Waals surface area contributed by atoms with Crippen molar-refractivity contribution in [2.45, 2.75) is 72.3 Å². The van der Waals surface area contributed by atoms with Crippen LogP contribution >= 0.6 is 0 Å². The molecule has 1 aliphatic rings. The van der Waals surface area contributed by atoms with E-state index in [-0.39, 0.29) is 12.5 Å². The number of ether oxygens (including phenoxy) is 1. The van der Waals surface area contributed by atoms with Gasteiger partial charge in [0.2, 0.25) is 5.91 Å². The monoisotopic (exact) mass is 376 g/mol. The number of hydrogen-bond donors (Lipinski definition) is 2. The second-order valence-electron chi connectivity index (χ2n) is 9.15. The fraction of sp³-hybridized carbons (Fsp3) is 0.619. The fourth-order valence-electron chi connectivity index (χ4n) is 3.36. The first-order valence-corrected chi connectivity index (χ1v) is 9.30. The van der Waals surface area contributed by atoms with Gasteiger partial charge in [0.15, 0.2) is 0 Å². The van der Waals surface area contributed by atoms with Crippen molar-refractivity contribution in [3.8, 4) is 0 Å². The van der Waals surface area contributed by atoms with Crippen LogP contribution in [0.1, 0.15) is 52.7 Å². The van der Waals surface area contributed by atoms with E-state index in [2.05, 4.69) is 5.32 Å². The molecule has 0 aliphatic carbocycles. The van der Waals surface area contributed by atoms with Crippen LogP contribution in [-0.4, -0.2) is 45.8 Å². The second-order valence-corrected chi connectivity index (χ2v) is 9.15. The van der Waals surface area contributed by atoms with Crippen LogP contribution in [0, 0.1) is 12.3 Å². The van der Waals surface area contributed by atoms with E-state index in [1.165, 1.54) is 4.90 Å². The van der Waals surface area contributed by atoms with Crippen LogP contribution in [0.4, 0.5) is 4.79 Å². The molecule has 150 valence electrons. The molecule has 2 amide bonds. The lowest BCUT2D eigenvalue weighted by Crippen LogP contribution is -2.53. The predicted octanol–water partition coefficient (Wildman–Crippen LogP) is 3.01. The zero-order valence-corrected chi connectivity index (χ0v) is 17.4. The topological polar surface area (TPSA) is 78.9 Å².